The Hall–Kier alpha value is -0.430. The van der Waals surface area contributed by atoms with E-state index < -0.39 is 24.1 Å². The van der Waals surface area contributed by atoms with Crippen LogP contribution in [0.4, 0.5) is 0 Å². The van der Waals surface area contributed by atoms with Gasteiger partial charge in [0.2, 0.25) is 0 Å². The second-order valence-corrected chi connectivity index (χ2v) is 7.86. The van der Waals surface area contributed by atoms with E-state index in [-0.39, 0.29) is 16.5 Å². The molecule has 1 aromatic carbocycles. The summed E-state index contributed by atoms with van der Waals surface area (Å²) in [5.74, 6) is 0. The van der Waals surface area contributed by atoms with Gasteiger partial charge in [0.15, 0.2) is 6.35 Å². The van der Waals surface area contributed by atoms with E-state index in [0.29, 0.717) is 5.56 Å². The third kappa shape index (κ3) is 4.28. The highest BCUT2D eigenvalue weighted by atomic mass is 35.5. The molecule has 1 aromatic rings. The highest BCUT2D eigenvalue weighted by molar-refractivity contribution is 7.87. The molecule has 0 fully saturated rings. The maximum absolute atomic E-state index is 12.1. The molecule has 0 bridgehead atoms. The molecule has 0 spiro atoms. The first kappa shape index (κ1) is 17.6. The summed E-state index contributed by atoms with van der Waals surface area (Å²) < 4.78 is 50.5. The SMILES string of the molecule is CCOP(=O)(COS(=O)(=O)c1c(C)cccc1Cl)OC. The zero-order valence-corrected chi connectivity index (χ0v) is 13.8. The van der Waals surface area contributed by atoms with Crippen molar-refractivity contribution in [2.24, 2.45) is 0 Å². The van der Waals surface area contributed by atoms with Crippen molar-refractivity contribution >= 4 is 29.3 Å². The predicted octanol–water partition coefficient (Wildman–Crippen LogP) is 3.19. The monoisotopic (exact) mass is 342 g/mol. The Morgan fingerprint density at radius 1 is 1.35 bits per heavy atom. The van der Waals surface area contributed by atoms with Crippen molar-refractivity contribution < 1.29 is 26.2 Å². The fraction of sp³-hybridized carbons (Fsp3) is 0.455. The van der Waals surface area contributed by atoms with Gasteiger partial charge in [-0.05, 0) is 25.5 Å². The Morgan fingerprint density at radius 3 is 2.50 bits per heavy atom. The van der Waals surface area contributed by atoms with Gasteiger partial charge in [0.25, 0.3) is 10.1 Å². The molecule has 6 nitrogen and oxygen atoms in total. The molecule has 1 rings (SSSR count). The first-order valence-electron chi connectivity index (χ1n) is 5.69. The topological polar surface area (TPSA) is 78.9 Å². The lowest BCUT2D eigenvalue weighted by molar-refractivity contribution is 0.218. The summed E-state index contributed by atoms with van der Waals surface area (Å²) in [7, 11) is -6.58. The normalized spacial score (nSPS) is 15.0. The molecule has 20 heavy (non-hydrogen) atoms. The van der Waals surface area contributed by atoms with Crippen molar-refractivity contribution in [3.05, 3.63) is 28.8 Å². The van der Waals surface area contributed by atoms with Gasteiger partial charge in [-0.2, -0.15) is 8.42 Å². The minimum Gasteiger partial charge on any atom is -0.310 e. The third-order valence-electron chi connectivity index (χ3n) is 2.38. The molecule has 0 aliphatic heterocycles. The first-order chi connectivity index (χ1) is 9.25. The number of aryl methyl sites for hydroxylation is 1. The van der Waals surface area contributed by atoms with Crippen molar-refractivity contribution in [2.75, 3.05) is 20.1 Å². The number of halogens is 1. The van der Waals surface area contributed by atoms with Gasteiger partial charge in [0, 0.05) is 7.11 Å². The van der Waals surface area contributed by atoms with Gasteiger partial charge in [0.1, 0.15) is 4.90 Å². The summed E-state index contributed by atoms with van der Waals surface area (Å²) >= 11 is 5.87. The number of rotatable bonds is 7. The molecule has 1 atom stereocenters. The van der Waals surface area contributed by atoms with Crippen LogP contribution in [-0.4, -0.2) is 28.5 Å². The summed E-state index contributed by atoms with van der Waals surface area (Å²) in [5, 5.41) is 0.0358. The van der Waals surface area contributed by atoms with Gasteiger partial charge in [-0.1, -0.05) is 23.7 Å². The first-order valence-corrected chi connectivity index (χ1v) is 9.21. The molecule has 0 amide bonds. The number of benzene rings is 1. The average Bonchev–Trinajstić information content (AvgIpc) is 2.36. The maximum Gasteiger partial charge on any atom is 0.357 e. The lowest BCUT2D eigenvalue weighted by Crippen LogP contribution is -2.11. The third-order valence-corrected chi connectivity index (χ3v) is 6.11. The lowest BCUT2D eigenvalue weighted by Gasteiger charge is -2.16. The van der Waals surface area contributed by atoms with Crippen molar-refractivity contribution in [2.45, 2.75) is 18.7 Å². The molecule has 0 saturated heterocycles. The van der Waals surface area contributed by atoms with E-state index in [0.717, 1.165) is 7.11 Å². The van der Waals surface area contributed by atoms with Crippen LogP contribution in [0, 0.1) is 6.92 Å². The van der Waals surface area contributed by atoms with Crippen LogP contribution >= 0.6 is 19.2 Å². The standard InChI is InChI=1S/C11H16ClO6PS/c1-4-17-19(13,16-3)8-18-20(14,15)11-9(2)6-5-7-10(11)12/h5-7H,4,8H2,1-3H3. The zero-order valence-electron chi connectivity index (χ0n) is 11.3. The fourth-order valence-electron chi connectivity index (χ4n) is 1.47. The molecular weight excluding hydrogens is 327 g/mol. The van der Waals surface area contributed by atoms with Crippen molar-refractivity contribution in [3.63, 3.8) is 0 Å². The summed E-state index contributed by atoms with van der Waals surface area (Å²) in [4.78, 5) is -0.152. The molecule has 1 unspecified atom stereocenters. The van der Waals surface area contributed by atoms with E-state index in [2.05, 4.69) is 4.52 Å². The van der Waals surface area contributed by atoms with Crippen LogP contribution in [-0.2, 0) is 27.9 Å². The Bertz CT molecular complexity index is 595. The Balaban J connectivity index is 3.00. The van der Waals surface area contributed by atoms with E-state index in [9.17, 15) is 13.0 Å². The maximum atomic E-state index is 12.1. The summed E-state index contributed by atoms with van der Waals surface area (Å²) in [6, 6.07) is 4.64. The highest BCUT2D eigenvalue weighted by Crippen LogP contribution is 2.47. The van der Waals surface area contributed by atoms with Gasteiger partial charge >= 0.3 is 7.60 Å². The molecule has 0 aliphatic carbocycles. The molecular formula is C11H16ClO6PS. The summed E-state index contributed by atoms with van der Waals surface area (Å²) in [6.07, 6.45) is -0.704. The number of hydrogen-bond acceptors (Lipinski definition) is 6. The lowest BCUT2D eigenvalue weighted by atomic mass is 10.2. The summed E-state index contributed by atoms with van der Waals surface area (Å²) in [5.41, 5.74) is 0.432. The fourth-order valence-corrected chi connectivity index (χ4v) is 4.61. The molecule has 0 N–H and O–H groups in total. The van der Waals surface area contributed by atoms with Gasteiger partial charge in [-0.25, -0.2) is 0 Å². The van der Waals surface area contributed by atoms with Gasteiger partial charge in [-0.15, -0.1) is 0 Å². The minimum absolute atomic E-state index is 0.0358. The van der Waals surface area contributed by atoms with E-state index in [1.165, 1.54) is 6.07 Å². The van der Waals surface area contributed by atoms with Crippen LogP contribution in [0.2, 0.25) is 5.02 Å². The second kappa shape index (κ2) is 7.02. The van der Waals surface area contributed by atoms with E-state index >= 15 is 0 Å². The predicted molar refractivity (Wildman–Crippen MR) is 75.6 cm³/mol. The molecule has 114 valence electrons. The van der Waals surface area contributed by atoms with E-state index in [1.54, 1.807) is 26.0 Å². The van der Waals surface area contributed by atoms with Crippen LogP contribution < -0.4 is 0 Å². The van der Waals surface area contributed by atoms with Crippen molar-refractivity contribution in [1.82, 2.24) is 0 Å². The largest absolute Gasteiger partial charge is 0.357 e. The van der Waals surface area contributed by atoms with Crippen molar-refractivity contribution in [1.29, 1.82) is 0 Å². The van der Waals surface area contributed by atoms with Crippen LogP contribution in [0.1, 0.15) is 12.5 Å². The van der Waals surface area contributed by atoms with Crippen LogP contribution in [0.5, 0.6) is 0 Å². The molecule has 0 heterocycles. The van der Waals surface area contributed by atoms with Crippen molar-refractivity contribution in [3.8, 4) is 0 Å². The molecule has 0 saturated carbocycles. The zero-order chi connectivity index (χ0) is 15.4. The minimum atomic E-state index is -4.15. The molecule has 0 radical (unpaired) electrons. The summed E-state index contributed by atoms with van der Waals surface area (Å²) in [6.45, 7) is 3.30. The Kier molecular flexibility index (Phi) is 6.19. The van der Waals surface area contributed by atoms with Crippen LogP contribution in [0.15, 0.2) is 23.1 Å². The van der Waals surface area contributed by atoms with Crippen LogP contribution in [0.25, 0.3) is 0 Å². The van der Waals surface area contributed by atoms with Gasteiger partial charge in [-0.3, -0.25) is 8.75 Å². The highest BCUT2D eigenvalue weighted by Gasteiger charge is 2.29. The second-order valence-electron chi connectivity index (χ2n) is 3.80. The molecule has 0 aliphatic rings. The Morgan fingerprint density at radius 2 is 2.00 bits per heavy atom. The molecule has 9 heteroatoms. The Labute approximate surface area is 123 Å². The van der Waals surface area contributed by atoms with E-state index in [1.807, 2.05) is 0 Å². The van der Waals surface area contributed by atoms with Gasteiger partial charge in [0.05, 0.1) is 11.6 Å². The van der Waals surface area contributed by atoms with E-state index in [4.69, 9.17) is 20.3 Å². The average molecular weight is 343 g/mol. The smallest absolute Gasteiger partial charge is 0.310 e. The van der Waals surface area contributed by atoms with Gasteiger partial charge < -0.3 is 9.05 Å². The number of hydrogen-bond donors (Lipinski definition) is 0. The van der Waals surface area contributed by atoms with Crippen LogP contribution in [0.3, 0.4) is 0 Å². The molecule has 0 aromatic heterocycles. The quantitative estimate of drug-likeness (QED) is 0.559.